The standard InChI is InChI=1S/C32H30N6O10/c1-5-15-45-25-7-9-27(37(41)42)23(17-25)19-47-29(39)11-13-31(3,21-33)35-36-32(4,22-34)14-12-30(40)48-20-24-18-26(46-16-6-2)8-10-28(24)38(43)44/h1-2,7-10,17-18H,11-16,19-20H2,3-4H3. The van der Waals surface area contributed by atoms with Crippen molar-refractivity contribution in [2.75, 3.05) is 13.2 Å². The third kappa shape index (κ3) is 11.8. The molecule has 0 N–H and O–H groups in total. The number of ether oxygens (including phenoxy) is 4. The van der Waals surface area contributed by atoms with Gasteiger partial charge in [0.05, 0.1) is 33.1 Å². The van der Waals surface area contributed by atoms with Gasteiger partial charge in [-0.1, -0.05) is 11.8 Å². The molecule has 0 heterocycles. The van der Waals surface area contributed by atoms with Gasteiger partial charge in [0.25, 0.3) is 11.4 Å². The van der Waals surface area contributed by atoms with E-state index in [0.717, 1.165) is 0 Å². The number of nitriles is 2. The van der Waals surface area contributed by atoms with E-state index >= 15 is 0 Å². The van der Waals surface area contributed by atoms with Crippen molar-refractivity contribution >= 4 is 23.3 Å². The number of nitro benzene ring substituents is 2. The lowest BCUT2D eigenvalue weighted by atomic mass is 9.97. The molecule has 0 aliphatic heterocycles. The van der Waals surface area contributed by atoms with Crippen molar-refractivity contribution in [2.24, 2.45) is 10.2 Å². The summed E-state index contributed by atoms with van der Waals surface area (Å²) >= 11 is 0. The van der Waals surface area contributed by atoms with Gasteiger partial charge in [-0.25, -0.2) is 0 Å². The molecule has 0 saturated heterocycles. The lowest BCUT2D eigenvalue weighted by Gasteiger charge is -2.19. The first-order valence-electron chi connectivity index (χ1n) is 14.0. The fourth-order valence-corrected chi connectivity index (χ4v) is 3.77. The second-order valence-electron chi connectivity index (χ2n) is 10.4. The quantitative estimate of drug-likeness (QED) is 0.0685. The van der Waals surface area contributed by atoms with E-state index in [0.29, 0.717) is 0 Å². The van der Waals surface area contributed by atoms with Crippen LogP contribution in [0.3, 0.4) is 0 Å². The number of hydrogen-bond donors (Lipinski definition) is 0. The summed E-state index contributed by atoms with van der Waals surface area (Å²) in [6, 6.07) is 11.6. The van der Waals surface area contributed by atoms with Crippen molar-refractivity contribution < 1.29 is 38.4 Å². The first kappa shape index (κ1) is 37.7. The number of carbonyl (C=O) groups is 2. The normalized spacial score (nSPS) is 12.9. The molecule has 16 heteroatoms. The summed E-state index contributed by atoms with van der Waals surface area (Å²) in [5.74, 6) is 3.46. The number of rotatable bonds is 18. The summed E-state index contributed by atoms with van der Waals surface area (Å²) < 4.78 is 20.9. The maximum atomic E-state index is 12.5. The first-order chi connectivity index (χ1) is 22.8. The Kier molecular flexibility index (Phi) is 14.0. The summed E-state index contributed by atoms with van der Waals surface area (Å²) in [6.07, 6.45) is 9.33. The lowest BCUT2D eigenvalue weighted by molar-refractivity contribution is -0.386. The van der Waals surface area contributed by atoms with Gasteiger partial charge in [-0.05, 0) is 51.0 Å². The number of nitro groups is 2. The second-order valence-corrected chi connectivity index (χ2v) is 10.4. The fraction of sp³-hybridized carbons (Fsp3) is 0.375. The van der Waals surface area contributed by atoms with Gasteiger partial charge in [0.15, 0.2) is 11.1 Å². The van der Waals surface area contributed by atoms with Gasteiger partial charge >= 0.3 is 11.9 Å². The molecular weight excluding hydrogens is 628 g/mol. The minimum absolute atomic E-state index is 0.0646. The molecule has 0 bridgehead atoms. The Morgan fingerprint density at radius 1 is 0.771 bits per heavy atom. The van der Waals surface area contributed by atoms with Gasteiger partial charge in [-0.3, -0.25) is 29.8 Å². The van der Waals surface area contributed by atoms with Crippen LogP contribution in [0.25, 0.3) is 0 Å². The highest BCUT2D eigenvalue weighted by atomic mass is 16.6. The fourth-order valence-electron chi connectivity index (χ4n) is 3.77. The molecule has 248 valence electrons. The van der Waals surface area contributed by atoms with Gasteiger partial charge in [-0.2, -0.15) is 20.8 Å². The van der Waals surface area contributed by atoms with E-state index in [4.69, 9.17) is 31.8 Å². The Morgan fingerprint density at radius 3 is 1.46 bits per heavy atom. The van der Waals surface area contributed by atoms with E-state index in [1.54, 1.807) is 0 Å². The second kappa shape index (κ2) is 17.8. The van der Waals surface area contributed by atoms with Crippen LogP contribution in [0.1, 0.15) is 50.7 Å². The summed E-state index contributed by atoms with van der Waals surface area (Å²) in [5.41, 5.74) is -3.61. The number of esters is 2. The van der Waals surface area contributed by atoms with Gasteiger partial charge < -0.3 is 18.9 Å². The van der Waals surface area contributed by atoms with Crippen LogP contribution in [-0.2, 0) is 32.3 Å². The number of azo groups is 1. The maximum absolute atomic E-state index is 12.5. The topological polar surface area (TPSA) is 230 Å². The molecule has 0 spiro atoms. The van der Waals surface area contributed by atoms with Crippen LogP contribution in [-0.4, -0.2) is 46.1 Å². The van der Waals surface area contributed by atoms with Crippen molar-refractivity contribution in [3.8, 4) is 48.3 Å². The highest BCUT2D eigenvalue weighted by molar-refractivity contribution is 5.70. The number of nitrogens with zero attached hydrogens (tertiary/aromatic N) is 6. The predicted molar refractivity (Wildman–Crippen MR) is 166 cm³/mol. The summed E-state index contributed by atoms with van der Waals surface area (Å²) in [7, 11) is 0. The Bertz CT molecular complexity index is 1610. The van der Waals surface area contributed by atoms with Gasteiger partial charge in [-0.15, -0.1) is 12.8 Å². The third-order valence-electron chi connectivity index (χ3n) is 6.52. The number of terminal acetylenes is 2. The molecule has 2 aromatic rings. The van der Waals surface area contributed by atoms with Crippen LogP contribution in [0.5, 0.6) is 11.5 Å². The Morgan fingerprint density at radius 2 is 1.15 bits per heavy atom. The molecular formula is C32H30N6O10. The van der Waals surface area contributed by atoms with Crippen molar-refractivity contribution in [3.05, 3.63) is 67.8 Å². The first-order valence-corrected chi connectivity index (χ1v) is 14.0. The van der Waals surface area contributed by atoms with E-state index < -0.39 is 46.1 Å². The van der Waals surface area contributed by atoms with Crippen LogP contribution in [0.4, 0.5) is 11.4 Å². The molecule has 2 unspecified atom stereocenters. The van der Waals surface area contributed by atoms with Gasteiger partial charge in [0.2, 0.25) is 0 Å². The monoisotopic (exact) mass is 658 g/mol. The van der Waals surface area contributed by atoms with Gasteiger partial charge in [0.1, 0.15) is 37.9 Å². The Hall–Kier alpha value is -6.52. The molecule has 0 saturated carbocycles. The molecule has 0 aliphatic carbocycles. The Labute approximate surface area is 275 Å². The van der Waals surface area contributed by atoms with Crippen LogP contribution in [0.15, 0.2) is 46.6 Å². The summed E-state index contributed by atoms with van der Waals surface area (Å²) in [6.45, 7) is 1.71. The number of hydrogen-bond acceptors (Lipinski definition) is 14. The Balaban J connectivity index is 1.98. The van der Waals surface area contributed by atoms with E-state index in [9.17, 15) is 40.3 Å². The van der Waals surface area contributed by atoms with Crippen LogP contribution >= 0.6 is 0 Å². The molecule has 0 fully saturated rings. The smallest absolute Gasteiger partial charge is 0.306 e. The third-order valence-corrected chi connectivity index (χ3v) is 6.52. The molecule has 0 radical (unpaired) electrons. The van der Waals surface area contributed by atoms with E-state index in [2.05, 4.69) is 22.1 Å². The maximum Gasteiger partial charge on any atom is 0.306 e. The largest absolute Gasteiger partial charge is 0.481 e. The van der Waals surface area contributed by atoms with E-state index in [-0.39, 0.29) is 72.9 Å². The average molecular weight is 659 g/mol. The number of carbonyl (C=O) groups excluding carboxylic acids is 2. The zero-order valence-electron chi connectivity index (χ0n) is 26.0. The van der Waals surface area contributed by atoms with E-state index in [1.165, 1.54) is 50.2 Å². The SMILES string of the molecule is C#CCOc1ccc([N+](=O)[O-])c(COC(=O)CCC(C)(C#N)N=NC(C)(C#N)CCC(=O)OCc2cc(OCC#C)ccc2[N+](=O)[O-])c1. The highest BCUT2D eigenvalue weighted by Crippen LogP contribution is 2.28. The van der Waals surface area contributed by atoms with E-state index in [1.807, 2.05) is 12.1 Å². The molecule has 0 aromatic heterocycles. The lowest BCUT2D eigenvalue weighted by Crippen LogP contribution is -2.25. The summed E-state index contributed by atoms with van der Waals surface area (Å²) in [5, 5.41) is 50.1. The van der Waals surface area contributed by atoms with Crippen LogP contribution < -0.4 is 9.47 Å². The summed E-state index contributed by atoms with van der Waals surface area (Å²) in [4.78, 5) is 46.4. The molecule has 16 nitrogen and oxygen atoms in total. The average Bonchev–Trinajstić information content (AvgIpc) is 3.08. The molecule has 48 heavy (non-hydrogen) atoms. The number of benzene rings is 2. The molecule has 2 aromatic carbocycles. The van der Waals surface area contributed by atoms with Crippen molar-refractivity contribution in [1.29, 1.82) is 10.5 Å². The van der Waals surface area contributed by atoms with Crippen molar-refractivity contribution in [2.45, 2.75) is 63.8 Å². The molecule has 0 amide bonds. The minimum atomic E-state index is -1.57. The van der Waals surface area contributed by atoms with Crippen molar-refractivity contribution in [3.63, 3.8) is 0 Å². The van der Waals surface area contributed by atoms with Crippen LogP contribution in [0.2, 0.25) is 0 Å². The molecule has 2 rings (SSSR count). The zero-order chi connectivity index (χ0) is 35.7. The highest BCUT2D eigenvalue weighted by Gasteiger charge is 2.30. The molecule has 0 aliphatic rings. The minimum Gasteiger partial charge on any atom is -0.481 e. The predicted octanol–water partition coefficient (Wildman–Crippen LogP) is 4.89. The zero-order valence-corrected chi connectivity index (χ0v) is 26.0. The van der Waals surface area contributed by atoms with Gasteiger partial charge in [0, 0.05) is 25.0 Å². The van der Waals surface area contributed by atoms with Crippen molar-refractivity contribution in [1.82, 2.24) is 0 Å². The van der Waals surface area contributed by atoms with Crippen LogP contribution in [0, 0.1) is 67.6 Å². The molecule has 2 atom stereocenters.